The molecule has 1 fully saturated rings. The molecule has 0 unspecified atom stereocenters. The molecule has 2 amide bonds. The maximum absolute atomic E-state index is 13.5. The number of nitrogens with one attached hydrogen (secondary N) is 2. The Balaban J connectivity index is 1.36. The minimum atomic E-state index is -0.253. The molecule has 0 aliphatic carbocycles. The van der Waals surface area contributed by atoms with Gasteiger partial charge in [-0.05, 0) is 49.6 Å². The number of hydrogen-bond acceptors (Lipinski definition) is 4. The number of unbranched alkanes of at least 4 members (excludes halogenated alkanes) is 1. The van der Waals surface area contributed by atoms with Gasteiger partial charge in [0.2, 0.25) is 0 Å². The topological polar surface area (TPSA) is 53.6 Å². The molecule has 25 heavy (non-hydrogen) atoms. The zero-order valence-corrected chi connectivity index (χ0v) is 15.2. The van der Waals surface area contributed by atoms with E-state index in [2.05, 4.69) is 15.5 Å². The summed E-state index contributed by atoms with van der Waals surface area (Å²) in [5.74, 6) is 0.680. The number of carbonyl (C=O) groups is 1. The molecule has 2 N–H and O–H groups in total. The van der Waals surface area contributed by atoms with Crippen molar-refractivity contribution in [2.45, 2.75) is 30.2 Å². The van der Waals surface area contributed by atoms with Crippen LogP contribution in [-0.4, -0.2) is 56.1 Å². The maximum Gasteiger partial charge on any atom is 0.315 e. The number of nitrogens with zero attached hydrogens (tertiary/aromatic N) is 1. The number of amides is 2. The van der Waals surface area contributed by atoms with Gasteiger partial charge in [-0.1, -0.05) is 0 Å². The smallest absolute Gasteiger partial charge is 0.315 e. The highest BCUT2D eigenvalue weighted by Gasteiger charge is 2.22. The Labute approximate surface area is 152 Å². The average Bonchev–Trinajstić information content (AvgIpc) is 2.63. The van der Waals surface area contributed by atoms with E-state index in [-0.39, 0.29) is 17.9 Å². The predicted molar refractivity (Wildman–Crippen MR) is 97.5 cm³/mol. The number of hydrogen-bond donors (Lipinski definition) is 2. The van der Waals surface area contributed by atoms with Gasteiger partial charge in [-0.15, -0.1) is 11.8 Å². The summed E-state index contributed by atoms with van der Waals surface area (Å²) < 4.78 is 18.8. The third kappa shape index (κ3) is 5.59. The fourth-order valence-corrected chi connectivity index (χ4v) is 4.32. The third-order valence-electron chi connectivity index (χ3n) is 4.61. The van der Waals surface area contributed by atoms with Crippen LogP contribution in [0, 0.1) is 5.82 Å². The van der Waals surface area contributed by atoms with E-state index in [1.165, 1.54) is 12.1 Å². The molecule has 7 heteroatoms. The first-order valence-electron chi connectivity index (χ1n) is 8.99. The fraction of sp³-hybridized carbons (Fsp3) is 0.611. The quantitative estimate of drug-likeness (QED) is 0.759. The second-order valence-electron chi connectivity index (χ2n) is 6.43. The summed E-state index contributed by atoms with van der Waals surface area (Å²) in [5, 5.41) is 5.90. The second kappa shape index (κ2) is 9.40. The Morgan fingerprint density at radius 1 is 1.32 bits per heavy atom. The van der Waals surface area contributed by atoms with Gasteiger partial charge in [-0.2, -0.15) is 0 Å². The highest BCUT2D eigenvalue weighted by atomic mass is 32.2. The van der Waals surface area contributed by atoms with Crippen LogP contribution in [0.1, 0.15) is 30.9 Å². The van der Waals surface area contributed by atoms with Crippen molar-refractivity contribution < 1.29 is 13.9 Å². The third-order valence-corrected chi connectivity index (χ3v) is 5.73. The molecule has 2 heterocycles. The van der Waals surface area contributed by atoms with E-state index in [1.54, 1.807) is 17.8 Å². The average molecular weight is 367 g/mol. The number of halogens is 1. The maximum atomic E-state index is 13.5. The summed E-state index contributed by atoms with van der Waals surface area (Å²) >= 11 is 1.71. The number of carbonyl (C=O) groups excluding carboxylic acids is 1. The van der Waals surface area contributed by atoms with Crippen molar-refractivity contribution in [2.75, 3.05) is 45.1 Å². The first-order valence-corrected chi connectivity index (χ1v) is 9.97. The lowest BCUT2D eigenvalue weighted by atomic mass is 10.0. The van der Waals surface area contributed by atoms with Crippen LogP contribution in [0.5, 0.6) is 0 Å². The Hall–Kier alpha value is -1.31. The number of morpholine rings is 1. The number of ether oxygens (including phenoxy) is 1. The van der Waals surface area contributed by atoms with Crippen LogP contribution >= 0.6 is 11.8 Å². The van der Waals surface area contributed by atoms with Crippen molar-refractivity contribution in [3.05, 3.63) is 29.6 Å². The van der Waals surface area contributed by atoms with Gasteiger partial charge in [-0.25, -0.2) is 9.18 Å². The van der Waals surface area contributed by atoms with Crippen LogP contribution in [-0.2, 0) is 4.74 Å². The molecule has 0 aromatic heterocycles. The van der Waals surface area contributed by atoms with Gasteiger partial charge >= 0.3 is 6.03 Å². The zero-order chi connectivity index (χ0) is 17.5. The zero-order valence-electron chi connectivity index (χ0n) is 14.4. The van der Waals surface area contributed by atoms with Gasteiger partial charge in [0, 0.05) is 30.3 Å². The minimum absolute atomic E-state index is 0.111. The standard InChI is InChI=1S/C18H26FN3O2S/c19-14-3-4-17-15(13-14)16(5-12-25-17)21-18(23)20-6-1-2-7-22-8-10-24-11-9-22/h3-4,13,16H,1-2,5-12H2,(H2,20,21,23)/t16-/m1/s1. The summed E-state index contributed by atoms with van der Waals surface area (Å²) in [7, 11) is 0. The van der Waals surface area contributed by atoms with Crippen LogP contribution in [0.3, 0.4) is 0 Å². The van der Waals surface area contributed by atoms with Crippen molar-refractivity contribution >= 4 is 17.8 Å². The lowest BCUT2D eigenvalue weighted by molar-refractivity contribution is 0.0372. The molecule has 1 aromatic carbocycles. The van der Waals surface area contributed by atoms with Crippen LogP contribution in [0.2, 0.25) is 0 Å². The molecule has 0 spiro atoms. The SMILES string of the molecule is O=C(NCCCCN1CCOCC1)N[C@@H]1CCSc2ccc(F)cc21. The van der Waals surface area contributed by atoms with E-state index in [1.807, 2.05) is 0 Å². The first kappa shape index (κ1) is 18.5. The highest BCUT2D eigenvalue weighted by Crippen LogP contribution is 2.36. The molecule has 1 aromatic rings. The lowest BCUT2D eigenvalue weighted by Gasteiger charge is -2.27. The largest absolute Gasteiger partial charge is 0.379 e. The van der Waals surface area contributed by atoms with Crippen LogP contribution in [0.25, 0.3) is 0 Å². The lowest BCUT2D eigenvalue weighted by Crippen LogP contribution is -2.40. The van der Waals surface area contributed by atoms with E-state index in [0.29, 0.717) is 6.54 Å². The fourth-order valence-electron chi connectivity index (χ4n) is 3.21. The van der Waals surface area contributed by atoms with Gasteiger partial charge < -0.3 is 15.4 Å². The molecule has 0 saturated carbocycles. The van der Waals surface area contributed by atoms with Gasteiger partial charge in [0.05, 0.1) is 19.3 Å². The molecule has 138 valence electrons. The van der Waals surface area contributed by atoms with Crippen molar-refractivity contribution in [2.24, 2.45) is 0 Å². The van der Waals surface area contributed by atoms with Gasteiger partial charge in [0.25, 0.3) is 0 Å². The molecule has 3 rings (SSSR count). The summed E-state index contributed by atoms with van der Waals surface area (Å²) in [5.41, 5.74) is 0.888. The Morgan fingerprint density at radius 3 is 3.00 bits per heavy atom. The normalized spacial score (nSPS) is 20.8. The second-order valence-corrected chi connectivity index (χ2v) is 7.57. The van der Waals surface area contributed by atoms with Gasteiger partial charge in [0.1, 0.15) is 5.82 Å². The number of urea groups is 1. The van der Waals surface area contributed by atoms with Crippen molar-refractivity contribution in [1.29, 1.82) is 0 Å². The van der Waals surface area contributed by atoms with Crippen molar-refractivity contribution in [1.82, 2.24) is 15.5 Å². The summed E-state index contributed by atoms with van der Waals surface area (Å²) in [4.78, 5) is 15.6. The first-order chi connectivity index (χ1) is 12.2. The molecule has 1 atom stereocenters. The Bertz CT molecular complexity index is 581. The molecule has 0 radical (unpaired) electrons. The van der Waals surface area contributed by atoms with E-state index >= 15 is 0 Å². The molecule has 1 saturated heterocycles. The molecule has 0 bridgehead atoms. The molecular weight excluding hydrogens is 341 g/mol. The van der Waals surface area contributed by atoms with Crippen molar-refractivity contribution in [3.63, 3.8) is 0 Å². The Morgan fingerprint density at radius 2 is 2.16 bits per heavy atom. The highest BCUT2D eigenvalue weighted by molar-refractivity contribution is 7.99. The number of thioether (sulfide) groups is 1. The minimum Gasteiger partial charge on any atom is -0.379 e. The van der Waals surface area contributed by atoms with E-state index in [9.17, 15) is 9.18 Å². The molecular formula is C18H26FN3O2S. The van der Waals surface area contributed by atoms with Crippen LogP contribution in [0.15, 0.2) is 23.1 Å². The van der Waals surface area contributed by atoms with Gasteiger partial charge in [0.15, 0.2) is 0 Å². The van der Waals surface area contributed by atoms with Crippen LogP contribution in [0.4, 0.5) is 9.18 Å². The van der Waals surface area contributed by atoms with Gasteiger partial charge in [-0.3, -0.25) is 4.90 Å². The monoisotopic (exact) mass is 367 g/mol. The summed E-state index contributed by atoms with van der Waals surface area (Å²) in [6.45, 7) is 5.37. The Kier molecular flexibility index (Phi) is 6.95. The van der Waals surface area contributed by atoms with E-state index < -0.39 is 0 Å². The summed E-state index contributed by atoms with van der Waals surface area (Å²) in [6.07, 6.45) is 2.84. The number of rotatable bonds is 6. The van der Waals surface area contributed by atoms with Crippen molar-refractivity contribution in [3.8, 4) is 0 Å². The molecule has 5 nitrogen and oxygen atoms in total. The van der Waals surface area contributed by atoms with E-state index in [0.717, 1.165) is 68.3 Å². The summed E-state index contributed by atoms with van der Waals surface area (Å²) in [6, 6.07) is 4.53. The molecule has 2 aliphatic heterocycles. The number of benzene rings is 1. The number of fused-ring (bicyclic) bond motifs is 1. The van der Waals surface area contributed by atoms with Crippen LogP contribution < -0.4 is 10.6 Å². The van der Waals surface area contributed by atoms with E-state index in [4.69, 9.17) is 4.74 Å². The predicted octanol–water partition coefficient (Wildman–Crippen LogP) is 2.77. The molecule has 2 aliphatic rings.